The van der Waals surface area contributed by atoms with Crippen LogP contribution in [0, 0.1) is 0 Å². The zero-order valence-electron chi connectivity index (χ0n) is 19.0. The molecule has 1 amide bonds. The van der Waals surface area contributed by atoms with Crippen molar-refractivity contribution in [3.05, 3.63) is 83.7 Å². The summed E-state index contributed by atoms with van der Waals surface area (Å²) in [5.41, 5.74) is 3.68. The number of aromatic nitrogens is 2. The van der Waals surface area contributed by atoms with Crippen molar-refractivity contribution in [3.8, 4) is 17.2 Å². The van der Waals surface area contributed by atoms with Gasteiger partial charge in [-0.25, -0.2) is 0 Å². The van der Waals surface area contributed by atoms with Gasteiger partial charge in [0, 0.05) is 39.9 Å². The smallest absolute Gasteiger partial charge is 0.244 e. The molecule has 0 atom stereocenters. The van der Waals surface area contributed by atoms with E-state index in [0.29, 0.717) is 22.9 Å². The summed E-state index contributed by atoms with van der Waals surface area (Å²) in [6, 6.07) is 17.4. The van der Waals surface area contributed by atoms with Crippen LogP contribution in [-0.2, 0) is 10.2 Å². The van der Waals surface area contributed by atoms with Gasteiger partial charge in [-0.05, 0) is 18.2 Å². The van der Waals surface area contributed by atoms with E-state index in [2.05, 4.69) is 15.3 Å². The Bertz CT molecular complexity index is 1500. The highest BCUT2D eigenvalue weighted by atomic mass is 16.5. The summed E-state index contributed by atoms with van der Waals surface area (Å²) >= 11 is 0. The molecule has 7 nitrogen and oxygen atoms in total. The van der Waals surface area contributed by atoms with Gasteiger partial charge in [0.2, 0.25) is 5.91 Å². The van der Waals surface area contributed by atoms with Crippen LogP contribution in [0.15, 0.2) is 67.0 Å². The van der Waals surface area contributed by atoms with Gasteiger partial charge in [0.05, 0.1) is 38.1 Å². The molecule has 0 saturated carbocycles. The Morgan fingerprint density at radius 2 is 1.15 bits per heavy atom. The lowest BCUT2D eigenvalue weighted by Crippen LogP contribution is -2.36. The fourth-order valence-corrected chi connectivity index (χ4v) is 5.37. The van der Waals surface area contributed by atoms with Crippen LogP contribution in [0.4, 0.5) is 5.69 Å². The van der Waals surface area contributed by atoms with E-state index in [4.69, 9.17) is 14.2 Å². The molecule has 6 rings (SSSR count). The van der Waals surface area contributed by atoms with Gasteiger partial charge >= 0.3 is 0 Å². The molecule has 2 aromatic heterocycles. The molecule has 0 radical (unpaired) electrons. The number of nitrogens with one attached hydrogen (secondary N) is 3. The molecular formula is C27H23N3O4. The van der Waals surface area contributed by atoms with Crippen molar-refractivity contribution in [3.63, 3.8) is 0 Å². The maximum absolute atomic E-state index is 14.2. The summed E-state index contributed by atoms with van der Waals surface area (Å²) < 4.78 is 16.8. The Kier molecular flexibility index (Phi) is 4.35. The fourth-order valence-electron chi connectivity index (χ4n) is 5.37. The Hall–Kier alpha value is -4.39. The average molecular weight is 453 g/mol. The minimum atomic E-state index is -1.14. The highest BCUT2D eigenvalue weighted by Gasteiger charge is 2.53. The van der Waals surface area contributed by atoms with Gasteiger partial charge in [0.1, 0.15) is 22.7 Å². The van der Waals surface area contributed by atoms with Gasteiger partial charge in [0.15, 0.2) is 0 Å². The Balaban J connectivity index is 1.77. The number of anilines is 1. The van der Waals surface area contributed by atoms with E-state index in [0.717, 1.165) is 38.5 Å². The molecule has 0 aliphatic carbocycles. The van der Waals surface area contributed by atoms with E-state index in [1.54, 1.807) is 21.3 Å². The second kappa shape index (κ2) is 7.31. The van der Waals surface area contributed by atoms with Crippen LogP contribution in [0.5, 0.6) is 17.2 Å². The Morgan fingerprint density at radius 1 is 0.647 bits per heavy atom. The van der Waals surface area contributed by atoms with Crippen molar-refractivity contribution in [1.29, 1.82) is 0 Å². The molecule has 5 aromatic rings. The van der Waals surface area contributed by atoms with Gasteiger partial charge < -0.3 is 29.5 Å². The molecule has 0 bridgehead atoms. The maximum Gasteiger partial charge on any atom is 0.244 e. The first-order valence-corrected chi connectivity index (χ1v) is 10.9. The molecule has 3 aromatic carbocycles. The Morgan fingerprint density at radius 3 is 1.68 bits per heavy atom. The lowest BCUT2D eigenvalue weighted by molar-refractivity contribution is -0.118. The zero-order chi connectivity index (χ0) is 23.4. The van der Waals surface area contributed by atoms with Crippen LogP contribution in [0.25, 0.3) is 21.8 Å². The van der Waals surface area contributed by atoms with Crippen LogP contribution in [0.3, 0.4) is 0 Å². The van der Waals surface area contributed by atoms with Crippen molar-refractivity contribution in [2.75, 3.05) is 26.6 Å². The lowest BCUT2D eigenvalue weighted by Gasteiger charge is -2.28. The second-order valence-corrected chi connectivity index (χ2v) is 8.26. The third-order valence-electron chi connectivity index (χ3n) is 6.83. The van der Waals surface area contributed by atoms with E-state index in [1.807, 2.05) is 67.0 Å². The molecule has 1 aliphatic heterocycles. The maximum atomic E-state index is 14.2. The van der Waals surface area contributed by atoms with Gasteiger partial charge in [-0.1, -0.05) is 36.4 Å². The van der Waals surface area contributed by atoms with E-state index in [9.17, 15) is 4.79 Å². The number of methoxy groups -OCH3 is 3. The standard InChI is InChI=1S/C27H23N3O4/c1-32-20-10-4-7-15-18(13-28-23(15)20)27(17-9-6-12-22(34-3)25(17)30-26(27)31)19-14-29-24-16(19)8-5-11-21(24)33-2/h4-14,28-29H,1-3H3,(H,30,31). The number of carbonyl (C=O) groups excluding carboxylic acids is 1. The van der Waals surface area contributed by atoms with Gasteiger partial charge in [-0.2, -0.15) is 0 Å². The first-order chi connectivity index (χ1) is 16.6. The van der Waals surface area contributed by atoms with Crippen molar-refractivity contribution in [1.82, 2.24) is 9.97 Å². The number of hydrogen-bond acceptors (Lipinski definition) is 4. The summed E-state index contributed by atoms with van der Waals surface area (Å²) in [5, 5.41) is 4.93. The van der Waals surface area contributed by atoms with E-state index >= 15 is 0 Å². The molecular weight excluding hydrogens is 430 g/mol. The molecule has 0 saturated heterocycles. The number of carbonyl (C=O) groups is 1. The largest absolute Gasteiger partial charge is 0.495 e. The first kappa shape index (κ1) is 20.2. The number of H-pyrrole nitrogens is 2. The van der Waals surface area contributed by atoms with Crippen LogP contribution < -0.4 is 19.5 Å². The number of ether oxygens (including phenoxy) is 3. The monoisotopic (exact) mass is 453 g/mol. The van der Waals surface area contributed by atoms with E-state index in [-0.39, 0.29) is 5.91 Å². The number of fused-ring (bicyclic) bond motifs is 3. The minimum Gasteiger partial charge on any atom is -0.495 e. The zero-order valence-corrected chi connectivity index (χ0v) is 19.0. The summed E-state index contributed by atoms with van der Waals surface area (Å²) in [6.07, 6.45) is 3.81. The lowest BCUT2D eigenvalue weighted by atomic mass is 9.70. The normalized spacial score (nSPS) is 14.3. The van der Waals surface area contributed by atoms with Crippen molar-refractivity contribution < 1.29 is 19.0 Å². The molecule has 34 heavy (non-hydrogen) atoms. The minimum absolute atomic E-state index is 0.153. The molecule has 0 spiro atoms. The number of aromatic amines is 2. The van der Waals surface area contributed by atoms with Crippen LogP contribution >= 0.6 is 0 Å². The summed E-state index contributed by atoms with van der Waals surface area (Å²) in [6.45, 7) is 0. The first-order valence-electron chi connectivity index (χ1n) is 10.9. The highest BCUT2D eigenvalue weighted by molar-refractivity contribution is 6.16. The van der Waals surface area contributed by atoms with Gasteiger partial charge in [0.25, 0.3) is 0 Å². The molecule has 1 aliphatic rings. The Labute approximate surface area is 195 Å². The highest BCUT2D eigenvalue weighted by Crippen LogP contribution is 2.54. The van der Waals surface area contributed by atoms with Crippen molar-refractivity contribution >= 4 is 33.4 Å². The molecule has 3 heterocycles. The summed E-state index contributed by atoms with van der Waals surface area (Å²) in [5.74, 6) is 1.88. The third kappa shape index (κ3) is 2.43. The number of rotatable bonds is 5. The van der Waals surface area contributed by atoms with Crippen LogP contribution in [-0.4, -0.2) is 37.2 Å². The SMILES string of the molecule is COc1cccc2c1NC(=O)C2(c1c[nH]c2c(OC)cccc12)c1c[nH]c2c(OC)cccc12. The summed E-state index contributed by atoms with van der Waals surface area (Å²) in [4.78, 5) is 20.9. The topological polar surface area (TPSA) is 88.4 Å². The molecule has 3 N–H and O–H groups in total. The molecule has 0 fully saturated rings. The predicted molar refractivity (Wildman–Crippen MR) is 131 cm³/mol. The van der Waals surface area contributed by atoms with Crippen LogP contribution in [0.1, 0.15) is 16.7 Å². The molecule has 7 heteroatoms. The number of para-hydroxylation sites is 3. The molecule has 170 valence electrons. The summed E-state index contributed by atoms with van der Waals surface area (Å²) in [7, 11) is 4.88. The number of amides is 1. The number of hydrogen-bond donors (Lipinski definition) is 3. The number of benzene rings is 3. The fraction of sp³-hybridized carbons (Fsp3) is 0.148. The van der Waals surface area contributed by atoms with E-state index < -0.39 is 5.41 Å². The van der Waals surface area contributed by atoms with Crippen LogP contribution in [0.2, 0.25) is 0 Å². The van der Waals surface area contributed by atoms with Gasteiger partial charge in [-0.15, -0.1) is 0 Å². The third-order valence-corrected chi connectivity index (χ3v) is 6.83. The predicted octanol–water partition coefficient (Wildman–Crippen LogP) is 4.96. The average Bonchev–Trinajstić information content (AvgIpc) is 3.57. The second-order valence-electron chi connectivity index (χ2n) is 8.26. The quantitative estimate of drug-likeness (QED) is 0.351. The van der Waals surface area contributed by atoms with Crippen molar-refractivity contribution in [2.45, 2.75) is 5.41 Å². The molecule has 0 unspecified atom stereocenters. The van der Waals surface area contributed by atoms with Crippen molar-refractivity contribution in [2.24, 2.45) is 0 Å². The van der Waals surface area contributed by atoms with E-state index in [1.165, 1.54) is 0 Å². The van der Waals surface area contributed by atoms with Gasteiger partial charge in [-0.3, -0.25) is 4.79 Å².